The Bertz CT molecular complexity index is 1040. The third kappa shape index (κ3) is 3.63. The predicted octanol–water partition coefficient (Wildman–Crippen LogP) is 2.01. The fourth-order valence-corrected chi connectivity index (χ4v) is 3.03. The monoisotopic (exact) mass is 375 g/mol. The molecule has 0 amide bonds. The maximum absolute atomic E-state index is 13.0. The van der Waals surface area contributed by atoms with Crippen LogP contribution in [0.1, 0.15) is 11.6 Å². The highest BCUT2D eigenvalue weighted by Crippen LogP contribution is 2.24. The molecule has 1 unspecified atom stereocenters. The average molecular weight is 375 g/mol. The predicted molar refractivity (Wildman–Crippen MR) is 91.2 cm³/mol. The third-order valence-electron chi connectivity index (χ3n) is 3.80. The number of sulfonamides is 1. The van der Waals surface area contributed by atoms with Crippen molar-refractivity contribution in [3.63, 3.8) is 0 Å². The van der Waals surface area contributed by atoms with Gasteiger partial charge in [0.25, 0.3) is 0 Å². The molecule has 1 heterocycles. The van der Waals surface area contributed by atoms with Gasteiger partial charge in [0.05, 0.1) is 11.1 Å². The highest BCUT2D eigenvalue weighted by atomic mass is 32.2. The third-order valence-corrected chi connectivity index (χ3v) is 4.73. The number of primary sulfonamides is 1. The molecule has 0 aliphatic heterocycles. The molecule has 0 fully saturated rings. The van der Waals surface area contributed by atoms with Gasteiger partial charge in [-0.1, -0.05) is 24.3 Å². The molecular formula is C17H14FN3O4S. The molecule has 0 aliphatic rings. The molecule has 7 nitrogen and oxygen atoms in total. The summed E-state index contributed by atoms with van der Waals surface area (Å²) in [6.07, 6.45) is 3.00. The van der Waals surface area contributed by atoms with E-state index in [0.29, 0.717) is 16.7 Å². The number of aliphatic carboxylic acids is 1. The summed E-state index contributed by atoms with van der Waals surface area (Å²) in [5.41, 5.74) is 1.64. The fraction of sp³-hybridized carbons (Fsp3) is 0.0588. The molecule has 3 aromatic rings. The highest BCUT2D eigenvalue weighted by molar-refractivity contribution is 7.89. The van der Waals surface area contributed by atoms with Crippen molar-refractivity contribution in [2.24, 2.45) is 5.14 Å². The van der Waals surface area contributed by atoms with Gasteiger partial charge in [-0.05, 0) is 35.4 Å². The molecular weight excluding hydrogens is 361 g/mol. The lowest BCUT2D eigenvalue weighted by Crippen LogP contribution is -2.21. The van der Waals surface area contributed by atoms with E-state index >= 15 is 0 Å². The molecule has 0 saturated heterocycles. The van der Waals surface area contributed by atoms with Crippen molar-refractivity contribution < 1.29 is 22.7 Å². The largest absolute Gasteiger partial charge is 0.479 e. The minimum absolute atomic E-state index is 0.113. The lowest BCUT2D eigenvalue weighted by molar-refractivity contribution is -0.139. The van der Waals surface area contributed by atoms with E-state index in [0.717, 1.165) is 0 Å². The zero-order chi connectivity index (χ0) is 18.9. The second kappa shape index (κ2) is 6.70. The number of nitrogens with zero attached hydrogens (tertiary/aromatic N) is 2. The Balaban J connectivity index is 1.96. The van der Waals surface area contributed by atoms with Gasteiger partial charge in [-0.15, -0.1) is 0 Å². The van der Waals surface area contributed by atoms with Crippen LogP contribution in [-0.2, 0) is 14.8 Å². The van der Waals surface area contributed by atoms with Gasteiger partial charge in [0.15, 0.2) is 6.04 Å². The molecule has 3 rings (SSSR count). The minimum Gasteiger partial charge on any atom is -0.479 e. The van der Waals surface area contributed by atoms with Gasteiger partial charge < -0.3 is 5.11 Å². The molecule has 0 bridgehead atoms. The lowest BCUT2D eigenvalue weighted by atomic mass is 10.1. The molecule has 26 heavy (non-hydrogen) atoms. The molecule has 2 aromatic carbocycles. The van der Waals surface area contributed by atoms with Gasteiger partial charge in [0, 0.05) is 11.8 Å². The Hall–Kier alpha value is -3.04. The van der Waals surface area contributed by atoms with Crippen molar-refractivity contribution in [2.45, 2.75) is 10.9 Å². The maximum Gasteiger partial charge on any atom is 0.333 e. The number of nitrogens with two attached hydrogens (primary N) is 1. The van der Waals surface area contributed by atoms with E-state index in [1.54, 1.807) is 12.1 Å². The number of halogens is 1. The molecule has 1 aromatic heterocycles. The molecule has 9 heteroatoms. The van der Waals surface area contributed by atoms with Crippen LogP contribution in [0, 0.1) is 5.82 Å². The Labute approximate surface area is 148 Å². The Morgan fingerprint density at radius 2 is 1.69 bits per heavy atom. The van der Waals surface area contributed by atoms with Crippen LogP contribution in [0.2, 0.25) is 0 Å². The Kier molecular flexibility index (Phi) is 4.58. The van der Waals surface area contributed by atoms with E-state index in [9.17, 15) is 22.7 Å². The summed E-state index contributed by atoms with van der Waals surface area (Å²) in [5.74, 6) is -1.54. The van der Waals surface area contributed by atoms with Gasteiger partial charge >= 0.3 is 5.97 Å². The standard InChI is InChI=1S/C17H14FN3O4S/c18-14-5-1-11(2-6-14)13-9-20-21(10-13)16(17(22)23)12-3-7-15(8-4-12)26(19,24)25/h1-10,16H,(H,22,23)(H2,19,24,25). The van der Waals surface area contributed by atoms with Crippen LogP contribution >= 0.6 is 0 Å². The summed E-state index contributed by atoms with van der Waals surface area (Å²) >= 11 is 0. The number of aromatic nitrogens is 2. The second-order valence-corrected chi connectivity index (χ2v) is 7.13. The number of hydrogen-bond acceptors (Lipinski definition) is 4. The summed E-state index contributed by atoms with van der Waals surface area (Å²) in [6.45, 7) is 0. The molecule has 1 atom stereocenters. The summed E-state index contributed by atoms with van der Waals surface area (Å²) in [5, 5.41) is 18.7. The van der Waals surface area contributed by atoms with Crippen LogP contribution < -0.4 is 5.14 Å². The zero-order valence-electron chi connectivity index (χ0n) is 13.3. The van der Waals surface area contributed by atoms with Gasteiger partial charge in [0.2, 0.25) is 10.0 Å². The summed E-state index contributed by atoms with van der Waals surface area (Å²) in [4.78, 5) is 11.6. The van der Waals surface area contributed by atoms with Crippen molar-refractivity contribution >= 4 is 16.0 Å². The molecule has 134 valence electrons. The zero-order valence-corrected chi connectivity index (χ0v) is 14.1. The van der Waals surface area contributed by atoms with Crippen molar-refractivity contribution in [3.8, 4) is 11.1 Å². The number of carboxylic acid groups (broad SMARTS) is 1. The summed E-state index contributed by atoms with van der Waals surface area (Å²) in [6, 6.07) is 9.80. The SMILES string of the molecule is NS(=O)(=O)c1ccc(C(C(=O)O)n2cc(-c3ccc(F)cc3)cn2)cc1. The maximum atomic E-state index is 13.0. The molecule has 3 N–H and O–H groups in total. The van der Waals surface area contributed by atoms with Crippen molar-refractivity contribution in [1.82, 2.24) is 9.78 Å². The van der Waals surface area contributed by atoms with E-state index in [1.165, 1.54) is 53.5 Å². The van der Waals surface area contributed by atoms with Crippen molar-refractivity contribution in [2.75, 3.05) is 0 Å². The van der Waals surface area contributed by atoms with E-state index in [-0.39, 0.29) is 10.7 Å². The minimum atomic E-state index is -3.87. The normalized spacial score (nSPS) is 12.7. The van der Waals surface area contributed by atoms with Crippen molar-refractivity contribution in [3.05, 3.63) is 72.3 Å². The number of carbonyl (C=O) groups is 1. The van der Waals surface area contributed by atoms with Gasteiger partial charge in [0.1, 0.15) is 5.82 Å². The van der Waals surface area contributed by atoms with Gasteiger partial charge in [-0.25, -0.2) is 22.7 Å². The van der Waals surface area contributed by atoms with E-state index in [1.807, 2.05) is 0 Å². The molecule has 0 aliphatic carbocycles. The first kappa shape index (κ1) is 17.8. The topological polar surface area (TPSA) is 115 Å². The number of hydrogen-bond donors (Lipinski definition) is 2. The summed E-state index contributed by atoms with van der Waals surface area (Å²) < 4.78 is 36.9. The Morgan fingerprint density at radius 1 is 1.08 bits per heavy atom. The van der Waals surface area contributed by atoms with Crippen LogP contribution in [0.4, 0.5) is 4.39 Å². The van der Waals surface area contributed by atoms with Crippen molar-refractivity contribution in [1.29, 1.82) is 0 Å². The number of benzene rings is 2. The van der Waals surface area contributed by atoms with Crippen LogP contribution in [0.3, 0.4) is 0 Å². The fourth-order valence-electron chi connectivity index (χ4n) is 2.52. The van der Waals surface area contributed by atoms with Crippen LogP contribution in [0.15, 0.2) is 65.8 Å². The lowest BCUT2D eigenvalue weighted by Gasteiger charge is -2.13. The second-order valence-electron chi connectivity index (χ2n) is 5.57. The van der Waals surface area contributed by atoms with E-state index in [4.69, 9.17) is 5.14 Å². The smallest absolute Gasteiger partial charge is 0.333 e. The highest BCUT2D eigenvalue weighted by Gasteiger charge is 2.23. The quantitative estimate of drug-likeness (QED) is 0.708. The molecule has 0 radical (unpaired) electrons. The van der Waals surface area contributed by atoms with Gasteiger partial charge in [-0.2, -0.15) is 5.10 Å². The first-order valence-corrected chi connectivity index (χ1v) is 8.96. The summed E-state index contributed by atoms with van der Waals surface area (Å²) in [7, 11) is -3.87. The van der Waals surface area contributed by atoms with Crippen LogP contribution in [-0.4, -0.2) is 29.3 Å². The number of rotatable bonds is 5. The van der Waals surface area contributed by atoms with Gasteiger partial charge in [-0.3, -0.25) is 4.68 Å². The first-order chi connectivity index (χ1) is 12.3. The molecule has 0 saturated carbocycles. The first-order valence-electron chi connectivity index (χ1n) is 7.41. The van der Waals surface area contributed by atoms with E-state index < -0.39 is 22.0 Å². The number of carboxylic acids is 1. The average Bonchev–Trinajstić information content (AvgIpc) is 3.04. The van der Waals surface area contributed by atoms with Crippen LogP contribution in [0.25, 0.3) is 11.1 Å². The van der Waals surface area contributed by atoms with E-state index in [2.05, 4.69) is 5.10 Å². The Morgan fingerprint density at radius 3 is 2.23 bits per heavy atom. The molecule has 0 spiro atoms. The van der Waals surface area contributed by atoms with Crippen LogP contribution in [0.5, 0.6) is 0 Å².